The second kappa shape index (κ2) is 7.75. The first-order valence-electron chi connectivity index (χ1n) is 10.4. The first-order chi connectivity index (χ1) is 14.5. The van der Waals surface area contributed by atoms with E-state index in [1.165, 1.54) is 11.1 Å². The van der Waals surface area contributed by atoms with Gasteiger partial charge >= 0.3 is 0 Å². The van der Waals surface area contributed by atoms with Gasteiger partial charge in [-0.2, -0.15) is 0 Å². The Kier molecular flexibility index (Phi) is 5.08. The van der Waals surface area contributed by atoms with Gasteiger partial charge in [0.2, 0.25) is 0 Å². The maximum Gasteiger partial charge on any atom is 0.254 e. The molecule has 2 aliphatic rings. The number of amides is 1. The van der Waals surface area contributed by atoms with E-state index in [0.717, 1.165) is 64.7 Å². The number of benzene rings is 2. The molecule has 1 aliphatic heterocycles. The van der Waals surface area contributed by atoms with Crippen molar-refractivity contribution < 1.29 is 4.79 Å². The van der Waals surface area contributed by atoms with Crippen molar-refractivity contribution in [3.05, 3.63) is 68.8 Å². The Morgan fingerprint density at radius 3 is 2.60 bits per heavy atom. The first kappa shape index (κ1) is 19.7. The van der Waals surface area contributed by atoms with Gasteiger partial charge in [0.25, 0.3) is 5.91 Å². The predicted octanol–water partition coefficient (Wildman–Crippen LogP) is 5.30. The number of aromatic nitrogens is 1. The summed E-state index contributed by atoms with van der Waals surface area (Å²) in [5.41, 5.74) is 6.10. The third-order valence-electron chi connectivity index (χ3n) is 6.27. The van der Waals surface area contributed by atoms with Crippen molar-refractivity contribution in [2.24, 2.45) is 0 Å². The van der Waals surface area contributed by atoms with Crippen LogP contribution in [0.4, 0.5) is 5.69 Å². The Balaban J connectivity index is 1.35. The van der Waals surface area contributed by atoms with E-state index in [0.29, 0.717) is 18.7 Å². The summed E-state index contributed by atoms with van der Waals surface area (Å²) in [5, 5.41) is 2.48. The number of hydrogen-bond acceptors (Lipinski definition) is 3. The van der Waals surface area contributed by atoms with Gasteiger partial charge in [0.15, 0.2) is 0 Å². The minimum Gasteiger partial charge on any atom is -0.368 e. The van der Waals surface area contributed by atoms with E-state index in [4.69, 9.17) is 28.2 Å². The Bertz CT molecular complexity index is 1150. The summed E-state index contributed by atoms with van der Waals surface area (Å²) >= 11 is 12.8. The molecule has 1 fully saturated rings. The molecular weight excluding hydrogens is 417 g/mol. The number of aryl methyl sites for hydroxylation is 2. The largest absolute Gasteiger partial charge is 0.368 e. The lowest BCUT2D eigenvalue weighted by atomic mass is 10.1. The highest BCUT2D eigenvalue weighted by Gasteiger charge is 2.24. The first-order valence-corrected chi connectivity index (χ1v) is 11.2. The molecule has 0 saturated carbocycles. The van der Waals surface area contributed by atoms with Gasteiger partial charge in [0.1, 0.15) is 0 Å². The topological polar surface area (TPSA) is 36.4 Å². The minimum absolute atomic E-state index is 0.0535. The maximum absolute atomic E-state index is 13.2. The molecule has 3 aromatic rings. The predicted molar refractivity (Wildman–Crippen MR) is 123 cm³/mol. The van der Waals surface area contributed by atoms with Gasteiger partial charge < -0.3 is 9.80 Å². The van der Waals surface area contributed by atoms with Crippen molar-refractivity contribution in [3.63, 3.8) is 0 Å². The molecule has 154 valence electrons. The third-order valence-corrected chi connectivity index (χ3v) is 6.94. The number of piperazine rings is 1. The monoisotopic (exact) mass is 439 g/mol. The number of carbonyl (C=O) groups excluding carboxylic acids is 1. The van der Waals surface area contributed by atoms with Crippen LogP contribution in [0.1, 0.15) is 33.6 Å². The Morgan fingerprint density at radius 2 is 1.80 bits per heavy atom. The van der Waals surface area contributed by atoms with Crippen molar-refractivity contribution in [1.82, 2.24) is 9.88 Å². The molecule has 2 heterocycles. The van der Waals surface area contributed by atoms with E-state index in [9.17, 15) is 4.79 Å². The fourth-order valence-corrected chi connectivity index (χ4v) is 5.12. The van der Waals surface area contributed by atoms with E-state index >= 15 is 0 Å². The van der Waals surface area contributed by atoms with Gasteiger partial charge in [0, 0.05) is 53.5 Å². The summed E-state index contributed by atoms with van der Waals surface area (Å²) in [6.07, 6.45) is 3.06. The zero-order valence-electron chi connectivity index (χ0n) is 16.9. The number of fused-ring (bicyclic) bond motifs is 2. The normalized spacial score (nSPS) is 16.2. The minimum atomic E-state index is 0.0535. The van der Waals surface area contributed by atoms with Crippen LogP contribution >= 0.6 is 23.2 Å². The van der Waals surface area contributed by atoms with Gasteiger partial charge in [-0.05, 0) is 61.6 Å². The molecule has 1 aliphatic carbocycles. The second-order valence-corrected chi connectivity index (χ2v) is 8.96. The van der Waals surface area contributed by atoms with Crippen molar-refractivity contribution in [1.29, 1.82) is 0 Å². The molecule has 0 spiro atoms. The van der Waals surface area contributed by atoms with Crippen LogP contribution in [-0.4, -0.2) is 42.0 Å². The van der Waals surface area contributed by atoms with Gasteiger partial charge in [-0.1, -0.05) is 35.3 Å². The summed E-state index contributed by atoms with van der Waals surface area (Å²) in [6, 6.07) is 11.7. The second-order valence-electron chi connectivity index (χ2n) is 8.15. The fourth-order valence-electron chi connectivity index (χ4n) is 4.59. The average molecular weight is 440 g/mol. The van der Waals surface area contributed by atoms with Crippen LogP contribution in [0.15, 0.2) is 36.4 Å². The molecule has 4 nitrogen and oxygen atoms in total. The van der Waals surface area contributed by atoms with E-state index in [2.05, 4.69) is 11.8 Å². The van der Waals surface area contributed by atoms with Gasteiger partial charge in [-0.3, -0.25) is 9.78 Å². The van der Waals surface area contributed by atoms with E-state index < -0.39 is 0 Å². The standard InChI is InChI=1S/C24H23Cl2N3O/c1-15-5-7-17(25)14-22(15)28-9-11-29(12-10-28)24(30)16-6-8-19-21(13-16)27-20-4-2-3-18(20)23(19)26/h5-8,13-14H,2-4,9-12H2,1H3. The zero-order valence-corrected chi connectivity index (χ0v) is 18.4. The van der Waals surface area contributed by atoms with Gasteiger partial charge in [-0.25, -0.2) is 0 Å². The number of hydrogen-bond donors (Lipinski definition) is 0. The van der Waals surface area contributed by atoms with Crippen molar-refractivity contribution in [2.75, 3.05) is 31.1 Å². The lowest BCUT2D eigenvalue weighted by molar-refractivity contribution is 0.0747. The van der Waals surface area contributed by atoms with Gasteiger partial charge in [-0.15, -0.1) is 0 Å². The molecule has 0 atom stereocenters. The average Bonchev–Trinajstić information content (AvgIpc) is 3.24. The van der Waals surface area contributed by atoms with Crippen LogP contribution in [0.25, 0.3) is 10.9 Å². The number of pyridine rings is 1. The summed E-state index contributed by atoms with van der Waals surface area (Å²) in [7, 11) is 0. The molecule has 30 heavy (non-hydrogen) atoms. The molecular formula is C24H23Cl2N3O. The Morgan fingerprint density at radius 1 is 1.00 bits per heavy atom. The molecule has 0 N–H and O–H groups in total. The number of anilines is 1. The quantitative estimate of drug-likeness (QED) is 0.543. The molecule has 5 rings (SSSR count). The molecule has 1 amide bonds. The molecule has 1 saturated heterocycles. The Hall–Kier alpha value is -2.30. The molecule has 0 bridgehead atoms. The summed E-state index contributed by atoms with van der Waals surface area (Å²) < 4.78 is 0. The number of halogens is 2. The van der Waals surface area contributed by atoms with Crippen molar-refractivity contribution in [3.8, 4) is 0 Å². The lowest BCUT2D eigenvalue weighted by Gasteiger charge is -2.37. The molecule has 6 heteroatoms. The van der Waals surface area contributed by atoms with Crippen LogP contribution in [0.5, 0.6) is 0 Å². The zero-order chi connectivity index (χ0) is 20.8. The highest BCUT2D eigenvalue weighted by molar-refractivity contribution is 6.36. The molecule has 2 aromatic carbocycles. The van der Waals surface area contributed by atoms with E-state index in [1.54, 1.807) is 0 Å². The fraction of sp³-hybridized carbons (Fsp3) is 0.333. The van der Waals surface area contributed by atoms with Gasteiger partial charge in [0.05, 0.1) is 10.5 Å². The molecule has 0 radical (unpaired) electrons. The molecule has 0 unspecified atom stereocenters. The highest BCUT2D eigenvalue weighted by atomic mass is 35.5. The molecule has 1 aromatic heterocycles. The SMILES string of the molecule is Cc1ccc(Cl)cc1N1CCN(C(=O)c2ccc3c(Cl)c4c(nc3c2)CCC4)CC1. The summed E-state index contributed by atoms with van der Waals surface area (Å²) in [6.45, 7) is 5.03. The van der Waals surface area contributed by atoms with Crippen LogP contribution < -0.4 is 4.90 Å². The maximum atomic E-state index is 13.2. The number of rotatable bonds is 2. The van der Waals surface area contributed by atoms with E-state index in [-0.39, 0.29) is 5.91 Å². The number of carbonyl (C=O) groups is 1. The number of nitrogens with zero attached hydrogens (tertiary/aromatic N) is 3. The van der Waals surface area contributed by atoms with E-state index in [1.807, 2.05) is 41.3 Å². The van der Waals surface area contributed by atoms with Crippen LogP contribution in [-0.2, 0) is 12.8 Å². The van der Waals surface area contributed by atoms with Crippen molar-refractivity contribution in [2.45, 2.75) is 26.2 Å². The van der Waals surface area contributed by atoms with Crippen LogP contribution in [0, 0.1) is 6.92 Å². The summed E-state index contributed by atoms with van der Waals surface area (Å²) in [4.78, 5) is 22.2. The smallest absolute Gasteiger partial charge is 0.254 e. The van der Waals surface area contributed by atoms with Crippen molar-refractivity contribution >= 4 is 45.7 Å². The van der Waals surface area contributed by atoms with Crippen LogP contribution in [0.2, 0.25) is 10.0 Å². The Labute approximate surface area is 186 Å². The lowest BCUT2D eigenvalue weighted by Crippen LogP contribution is -2.49. The van der Waals surface area contributed by atoms with Crippen LogP contribution in [0.3, 0.4) is 0 Å². The third kappa shape index (κ3) is 3.42. The summed E-state index contributed by atoms with van der Waals surface area (Å²) in [5.74, 6) is 0.0535. The highest BCUT2D eigenvalue weighted by Crippen LogP contribution is 2.34.